The van der Waals surface area contributed by atoms with Gasteiger partial charge in [0.2, 0.25) is 0 Å². The molecule has 0 saturated heterocycles. The molecule has 0 amide bonds. The van der Waals surface area contributed by atoms with Crippen molar-refractivity contribution in [2.45, 2.75) is 6.92 Å². The fourth-order valence-corrected chi connectivity index (χ4v) is 0.543. The van der Waals surface area contributed by atoms with E-state index in [2.05, 4.69) is 16.4 Å². The van der Waals surface area contributed by atoms with Crippen LogP contribution in [0.25, 0.3) is 0 Å². The van der Waals surface area contributed by atoms with Crippen LogP contribution in [0.15, 0.2) is 36.5 Å². The summed E-state index contributed by atoms with van der Waals surface area (Å²) >= 11 is 0. The lowest BCUT2D eigenvalue weighted by Crippen LogP contribution is -2.04. The zero-order valence-corrected chi connectivity index (χ0v) is 7.24. The van der Waals surface area contributed by atoms with Gasteiger partial charge in [-0.2, -0.15) is 4.89 Å². The number of carbonyl (C=O) groups is 1. The van der Waals surface area contributed by atoms with Crippen LogP contribution in [0.4, 0.5) is 0 Å². The van der Waals surface area contributed by atoms with Crippen LogP contribution in [0.1, 0.15) is 6.92 Å². The largest absolute Gasteiger partial charge is 0.373 e. The third-order valence-electron chi connectivity index (χ3n) is 1.08. The molecule has 0 fully saturated rings. The highest BCUT2D eigenvalue weighted by atomic mass is 17.2. The molecule has 66 valence electrons. The molecule has 0 spiro atoms. The molecule has 0 N–H and O–H groups in total. The van der Waals surface area contributed by atoms with Crippen LogP contribution in [0.2, 0.25) is 0 Å². The Balaban J connectivity index is 4.33. The van der Waals surface area contributed by atoms with Crippen LogP contribution in [0.5, 0.6) is 0 Å². The Morgan fingerprint density at radius 2 is 2.17 bits per heavy atom. The Morgan fingerprint density at radius 3 is 2.58 bits per heavy atom. The van der Waals surface area contributed by atoms with Crippen LogP contribution in [0.3, 0.4) is 0 Å². The average molecular weight is 168 g/mol. The Morgan fingerprint density at radius 1 is 1.50 bits per heavy atom. The van der Waals surface area contributed by atoms with Gasteiger partial charge in [0.1, 0.15) is 0 Å². The van der Waals surface area contributed by atoms with Gasteiger partial charge >= 0.3 is 5.97 Å². The third kappa shape index (κ3) is 3.73. The number of hydrogen-bond acceptors (Lipinski definition) is 3. The number of carbonyl (C=O) groups excluding carboxylic acids is 1. The number of hydrogen-bond donors (Lipinski definition) is 0. The first-order chi connectivity index (χ1) is 5.76. The van der Waals surface area contributed by atoms with Gasteiger partial charge in [0.05, 0.1) is 12.7 Å². The van der Waals surface area contributed by atoms with E-state index in [0.29, 0.717) is 5.57 Å². The first kappa shape index (κ1) is 10.7. The van der Waals surface area contributed by atoms with Gasteiger partial charge in [-0.05, 0) is 13.0 Å². The maximum Gasteiger partial charge on any atom is 0.373 e. The molecule has 0 aromatic rings. The summed E-state index contributed by atoms with van der Waals surface area (Å²) in [5.41, 5.74) is 0.356. The van der Waals surface area contributed by atoms with Crippen molar-refractivity contribution >= 4 is 5.97 Å². The lowest BCUT2D eigenvalue weighted by atomic mass is 10.2. The van der Waals surface area contributed by atoms with E-state index in [4.69, 9.17) is 0 Å². The zero-order chi connectivity index (χ0) is 9.40. The molecule has 0 saturated carbocycles. The Kier molecular flexibility index (Phi) is 5.65. The molecule has 3 heteroatoms. The fourth-order valence-electron chi connectivity index (χ4n) is 0.543. The summed E-state index contributed by atoms with van der Waals surface area (Å²) in [6, 6.07) is 0. The lowest BCUT2D eigenvalue weighted by molar-refractivity contribution is -0.250. The molecule has 0 aliphatic heterocycles. The van der Waals surface area contributed by atoms with E-state index in [1.54, 1.807) is 18.2 Å². The second kappa shape index (κ2) is 6.37. The van der Waals surface area contributed by atoms with Crippen molar-refractivity contribution in [1.29, 1.82) is 0 Å². The van der Waals surface area contributed by atoms with E-state index >= 15 is 0 Å². The molecule has 0 radical (unpaired) electrons. The quantitative estimate of drug-likeness (QED) is 0.278. The molecule has 0 bridgehead atoms. The van der Waals surface area contributed by atoms with Gasteiger partial charge in [0, 0.05) is 0 Å². The van der Waals surface area contributed by atoms with Gasteiger partial charge < -0.3 is 0 Å². The minimum atomic E-state index is -0.550. The van der Waals surface area contributed by atoms with Gasteiger partial charge in [-0.25, -0.2) is 4.79 Å². The third-order valence-corrected chi connectivity index (χ3v) is 1.08. The summed E-state index contributed by atoms with van der Waals surface area (Å²) < 4.78 is 0. The fraction of sp³-hybridized carbons (Fsp3) is 0.222. The molecule has 0 rings (SSSR count). The van der Waals surface area contributed by atoms with E-state index in [0.717, 1.165) is 0 Å². The molecular weight excluding hydrogens is 156 g/mol. The molecule has 0 aliphatic rings. The van der Waals surface area contributed by atoms with Crippen molar-refractivity contribution in [2.75, 3.05) is 7.11 Å². The maximum absolute atomic E-state index is 11.0. The van der Waals surface area contributed by atoms with Gasteiger partial charge in [-0.1, -0.05) is 24.8 Å². The van der Waals surface area contributed by atoms with E-state index in [1.165, 1.54) is 13.2 Å². The van der Waals surface area contributed by atoms with Gasteiger partial charge in [0.15, 0.2) is 0 Å². The molecule has 0 heterocycles. The highest BCUT2D eigenvalue weighted by molar-refractivity contribution is 5.91. The van der Waals surface area contributed by atoms with Crippen molar-refractivity contribution in [3.8, 4) is 0 Å². The molecule has 0 aromatic carbocycles. The van der Waals surface area contributed by atoms with Crippen LogP contribution < -0.4 is 0 Å². The van der Waals surface area contributed by atoms with Crippen molar-refractivity contribution in [1.82, 2.24) is 0 Å². The molecule has 0 aromatic heterocycles. The zero-order valence-electron chi connectivity index (χ0n) is 7.24. The van der Waals surface area contributed by atoms with Gasteiger partial charge in [0.25, 0.3) is 0 Å². The van der Waals surface area contributed by atoms with E-state index in [-0.39, 0.29) is 0 Å². The highest BCUT2D eigenvalue weighted by Crippen LogP contribution is 1.99. The lowest BCUT2D eigenvalue weighted by Gasteiger charge is -1.97. The van der Waals surface area contributed by atoms with E-state index in [1.807, 2.05) is 6.92 Å². The highest BCUT2D eigenvalue weighted by Gasteiger charge is 2.05. The van der Waals surface area contributed by atoms with Crippen molar-refractivity contribution in [3.05, 3.63) is 36.5 Å². The molecule has 12 heavy (non-hydrogen) atoms. The molecule has 3 nitrogen and oxygen atoms in total. The Bertz CT molecular complexity index is 214. The molecule has 0 atom stereocenters. The van der Waals surface area contributed by atoms with E-state index in [9.17, 15) is 4.79 Å². The summed E-state index contributed by atoms with van der Waals surface area (Å²) in [5.74, 6) is -0.550. The van der Waals surface area contributed by atoms with Crippen LogP contribution >= 0.6 is 0 Å². The predicted molar refractivity (Wildman–Crippen MR) is 46.2 cm³/mol. The Labute approximate surface area is 71.9 Å². The molecule has 0 aliphatic carbocycles. The standard InChI is InChI=1S/C9H12O3/c1-4-6-7-8(5-2)9(10)12-11-3/h4-7H,2H2,1,3H3/b6-4-,8-7+. The van der Waals surface area contributed by atoms with Gasteiger partial charge in [-0.3, -0.25) is 4.89 Å². The summed E-state index contributed by atoms with van der Waals surface area (Å²) in [7, 11) is 1.27. The van der Waals surface area contributed by atoms with Crippen LogP contribution in [-0.2, 0) is 14.6 Å². The van der Waals surface area contributed by atoms with Crippen molar-refractivity contribution in [3.63, 3.8) is 0 Å². The summed E-state index contributed by atoms with van der Waals surface area (Å²) in [5, 5.41) is 0. The SMILES string of the molecule is C=C/C(=C\C=C/C)C(=O)OOC. The first-order valence-corrected chi connectivity index (χ1v) is 3.46. The van der Waals surface area contributed by atoms with Crippen LogP contribution in [-0.4, -0.2) is 13.1 Å². The maximum atomic E-state index is 11.0. The Hall–Kier alpha value is -1.35. The summed E-state index contributed by atoms with van der Waals surface area (Å²) in [4.78, 5) is 19.4. The normalized spacial score (nSPS) is 11.7. The average Bonchev–Trinajstić information content (AvgIpc) is 2.06. The minimum Gasteiger partial charge on any atom is -0.293 e. The van der Waals surface area contributed by atoms with Crippen molar-refractivity contribution < 1.29 is 14.6 Å². The minimum absolute atomic E-state index is 0.356. The van der Waals surface area contributed by atoms with Crippen molar-refractivity contribution in [2.24, 2.45) is 0 Å². The topological polar surface area (TPSA) is 35.5 Å². The number of allylic oxidation sites excluding steroid dienone is 3. The van der Waals surface area contributed by atoms with Crippen LogP contribution in [0, 0.1) is 0 Å². The summed E-state index contributed by atoms with van der Waals surface area (Å²) in [6.45, 7) is 5.30. The molecule has 0 unspecified atom stereocenters. The van der Waals surface area contributed by atoms with Gasteiger partial charge in [-0.15, -0.1) is 0 Å². The second-order valence-corrected chi connectivity index (χ2v) is 1.89. The summed E-state index contributed by atoms with van der Waals surface area (Å²) in [6.07, 6.45) is 6.51. The smallest absolute Gasteiger partial charge is 0.293 e. The van der Waals surface area contributed by atoms with E-state index < -0.39 is 5.97 Å². The molecular formula is C9H12O3. The second-order valence-electron chi connectivity index (χ2n) is 1.89. The predicted octanol–water partition coefficient (Wildman–Crippen LogP) is 1.78. The number of rotatable bonds is 4. The first-order valence-electron chi connectivity index (χ1n) is 3.46. The monoisotopic (exact) mass is 168 g/mol.